The molecule has 0 bridgehead atoms. The third-order valence-corrected chi connectivity index (χ3v) is 4.11. The summed E-state index contributed by atoms with van der Waals surface area (Å²) >= 11 is 0. The van der Waals surface area contributed by atoms with Gasteiger partial charge >= 0.3 is 6.03 Å². The minimum atomic E-state index is -0.680. The molecule has 8 heteroatoms. The van der Waals surface area contributed by atoms with E-state index in [1.807, 2.05) is 0 Å². The van der Waals surface area contributed by atoms with Crippen molar-refractivity contribution in [1.29, 1.82) is 0 Å². The first-order valence-electron chi connectivity index (χ1n) is 8.23. The molecule has 132 valence electrons. The maximum atomic E-state index is 13.1. The molecule has 7 nitrogen and oxygen atoms in total. The topological polar surface area (TPSA) is 79.5 Å². The van der Waals surface area contributed by atoms with Gasteiger partial charge in [-0.05, 0) is 37.6 Å². The first-order chi connectivity index (χ1) is 12.0. The van der Waals surface area contributed by atoms with Gasteiger partial charge in [-0.25, -0.2) is 9.18 Å². The zero-order valence-corrected chi connectivity index (χ0v) is 14.1. The number of urea groups is 1. The summed E-state index contributed by atoms with van der Waals surface area (Å²) in [6, 6.07) is 4.27. The summed E-state index contributed by atoms with van der Waals surface area (Å²) < 4.78 is 18.2. The lowest BCUT2D eigenvalue weighted by atomic mass is 10.2. The van der Waals surface area contributed by atoms with Crippen LogP contribution in [0.5, 0.6) is 0 Å². The highest BCUT2D eigenvalue weighted by Crippen LogP contribution is 2.27. The Balaban J connectivity index is 1.76. The summed E-state index contributed by atoms with van der Waals surface area (Å²) in [4.78, 5) is 31.7. The molecule has 1 aromatic heterocycles. The number of unbranched alkanes of at least 4 members (excludes halogenated alkanes) is 1. The second kappa shape index (κ2) is 7.00. The summed E-state index contributed by atoms with van der Waals surface area (Å²) in [7, 11) is 0. The second-order valence-corrected chi connectivity index (χ2v) is 5.94. The first kappa shape index (κ1) is 17.1. The molecule has 1 unspecified atom stereocenters. The Morgan fingerprint density at radius 1 is 1.24 bits per heavy atom. The number of nitrogens with zero attached hydrogens (tertiary/aromatic N) is 4. The van der Waals surface area contributed by atoms with Gasteiger partial charge in [-0.15, -0.1) is 0 Å². The Labute approximate surface area is 144 Å². The van der Waals surface area contributed by atoms with E-state index >= 15 is 0 Å². The number of aryl methyl sites for hydroxylation is 1. The van der Waals surface area contributed by atoms with E-state index in [-0.39, 0.29) is 18.3 Å². The number of hydrogen-bond acceptors (Lipinski definition) is 5. The summed E-state index contributed by atoms with van der Waals surface area (Å²) in [5.41, 5.74) is 0.462. The molecule has 25 heavy (non-hydrogen) atoms. The number of hydrogen-bond donors (Lipinski definition) is 0. The highest BCUT2D eigenvalue weighted by atomic mass is 19.1. The van der Waals surface area contributed by atoms with Gasteiger partial charge in [0.2, 0.25) is 5.89 Å². The fourth-order valence-electron chi connectivity index (χ4n) is 2.73. The number of rotatable bonds is 6. The fraction of sp³-hybridized carbons (Fsp3) is 0.412. The van der Waals surface area contributed by atoms with Crippen LogP contribution < -0.4 is 4.90 Å². The van der Waals surface area contributed by atoms with Crippen molar-refractivity contribution in [1.82, 2.24) is 15.0 Å². The van der Waals surface area contributed by atoms with Gasteiger partial charge in [0, 0.05) is 12.1 Å². The number of aromatic nitrogens is 2. The van der Waals surface area contributed by atoms with Gasteiger partial charge in [-0.3, -0.25) is 14.6 Å². The van der Waals surface area contributed by atoms with E-state index < -0.39 is 17.9 Å². The van der Waals surface area contributed by atoms with Gasteiger partial charge in [0.1, 0.15) is 18.4 Å². The average Bonchev–Trinajstić information content (AvgIpc) is 3.13. The van der Waals surface area contributed by atoms with Crippen LogP contribution in [0, 0.1) is 5.82 Å². The number of benzene rings is 1. The maximum absolute atomic E-state index is 13.1. The number of amides is 3. The van der Waals surface area contributed by atoms with Crippen molar-refractivity contribution in [2.24, 2.45) is 0 Å². The molecule has 0 aliphatic carbocycles. The van der Waals surface area contributed by atoms with Crippen molar-refractivity contribution in [3.63, 3.8) is 0 Å². The molecule has 1 atom stereocenters. The van der Waals surface area contributed by atoms with Crippen molar-refractivity contribution < 1.29 is 18.5 Å². The van der Waals surface area contributed by atoms with E-state index in [4.69, 9.17) is 4.52 Å². The lowest BCUT2D eigenvalue weighted by molar-refractivity contribution is -0.127. The molecule has 2 heterocycles. The van der Waals surface area contributed by atoms with Crippen molar-refractivity contribution in [2.45, 2.75) is 45.7 Å². The zero-order valence-electron chi connectivity index (χ0n) is 14.1. The smallest absolute Gasteiger partial charge is 0.332 e. The molecular formula is C17H19FN4O3. The molecule has 0 spiro atoms. The van der Waals surface area contributed by atoms with Gasteiger partial charge in [0.15, 0.2) is 5.82 Å². The lowest BCUT2D eigenvalue weighted by Gasteiger charge is -2.18. The Morgan fingerprint density at radius 2 is 1.96 bits per heavy atom. The van der Waals surface area contributed by atoms with Crippen LogP contribution in [0.4, 0.5) is 14.9 Å². The molecule has 0 saturated carbocycles. The van der Waals surface area contributed by atoms with Gasteiger partial charge in [0.05, 0.1) is 0 Å². The molecule has 0 N–H and O–H groups in total. The Kier molecular flexibility index (Phi) is 4.78. The summed E-state index contributed by atoms with van der Waals surface area (Å²) in [5.74, 6) is 0.0275. The van der Waals surface area contributed by atoms with Crippen LogP contribution in [0.25, 0.3) is 0 Å². The predicted octanol–water partition coefficient (Wildman–Crippen LogP) is 2.91. The van der Waals surface area contributed by atoms with Crippen LogP contribution in [-0.2, 0) is 17.8 Å². The second-order valence-electron chi connectivity index (χ2n) is 5.94. The van der Waals surface area contributed by atoms with Crippen LogP contribution in [0.3, 0.4) is 0 Å². The summed E-state index contributed by atoms with van der Waals surface area (Å²) in [5, 5.41) is 3.86. The SMILES string of the molecule is CCCCc1noc(CN2C(=O)C(C)N(c3ccc(F)cc3)C2=O)n1. The van der Waals surface area contributed by atoms with E-state index in [1.54, 1.807) is 6.92 Å². The molecule has 0 radical (unpaired) electrons. The summed E-state index contributed by atoms with van der Waals surface area (Å²) in [6.45, 7) is 3.62. The molecule has 3 rings (SSSR count). The van der Waals surface area contributed by atoms with Gasteiger partial charge in [0.25, 0.3) is 5.91 Å². The monoisotopic (exact) mass is 346 g/mol. The van der Waals surface area contributed by atoms with Gasteiger partial charge < -0.3 is 4.52 Å². The van der Waals surface area contributed by atoms with Gasteiger partial charge in [-0.1, -0.05) is 18.5 Å². The Hall–Kier alpha value is -2.77. The molecule has 1 aromatic carbocycles. The molecular weight excluding hydrogens is 327 g/mol. The summed E-state index contributed by atoms with van der Waals surface area (Å²) in [6.07, 6.45) is 2.65. The lowest BCUT2D eigenvalue weighted by Crippen LogP contribution is -2.33. The minimum absolute atomic E-state index is 0.0706. The minimum Gasteiger partial charge on any atom is -0.337 e. The highest BCUT2D eigenvalue weighted by molar-refractivity contribution is 6.13. The molecule has 1 saturated heterocycles. The van der Waals surface area contributed by atoms with Crippen LogP contribution in [0.1, 0.15) is 38.4 Å². The van der Waals surface area contributed by atoms with Crippen molar-refractivity contribution in [2.75, 3.05) is 4.90 Å². The van der Waals surface area contributed by atoms with E-state index in [0.29, 0.717) is 17.9 Å². The number of imide groups is 1. The van der Waals surface area contributed by atoms with Crippen molar-refractivity contribution in [3.8, 4) is 0 Å². The third-order valence-electron chi connectivity index (χ3n) is 4.11. The normalized spacial score (nSPS) is 17.6. The van der Waals surface area contributed by atoms with Gasteiger partial charge in [-0.2, -0.15) is 4.98 Å². The van der Waals surface area contributed by atoms with E-state index in [0.717, 1.165) is 17.7 Å². The quantitative estimate of drug-likeness (QED) is 0.752. The van der Waals surface area contributed by atoms with Crippen LogP contribution in [0.2, 0.25) is 0 Å². The fourth-order valence-corrected chi connectivity index (χ4v) is 2.73. The highest BCUT2D eigenvalue weighted by Gasteiger charge is 2.43. The number of halogens is 1. The standard InChI is InChI=1S/C17H19FN4O3/c1-3-4-5-14-19-15(25-20-14)10-21-16(23)11(2)22(17(21)24)13-8-6-12(18)7-9-13/h6-9,11H,3-5,10H2,1-2H3. The first-order valence-corrected chi connectivity index (χ1v) is 8.23. The maximum Gasteiger partial charge on any atom is 0.332 e. The number of anilines is 1. The Bertz CT molecular complexity index is 774. The number of carbonyl (C=O) groups is 2. The molecule has 1 aliphatic rings. The van der Waals surface area contributed by atoms with Crippen LogP contribution >= 0.6 is 0 Å². The van der Waals surface area contributed by atoms with Crippen LogP contribution in [0.15, 0.2) is 28.8 Å². The number of carbonyl (C=O) groups excluding carboxylic acids is 2. The average molecular weight is 346 g/mol. The largest absolute Gasteiger partial charge is 0.337 e. The molecule has 3 amide bonds. The van der Waals surface area contributed by atoms with Crippen LogP contribution in [-0.4, -0.2) is 33.0 Å². The predicted molar refractivity (Wildman–Crippen MR) is 87.2 cm³/mol. The molecule has 1 aliphatic heterocycles. The van der Waals surface area contributed by atoms with E-state index in [9.17, 15) is 14.0 Å². The van der Waals surface area contributed by atoms with Crippen molar-refractivity contribution in [3.05, 3.63) is 41.8 Å². The zero-order chi connectivity index (χ0) is 18.0. The molecule has 1 fully saturated rings. The third kappa shape index (κ3) is 3.38. The van der Waals surface area contributed by atoms with E-state index in [2.05, 4.69) is 17.1 Å². The Morgan fingerprint density at radius 3 is 2.64 bits per heavy atom. The van der Waals surface area contributed by atoms with E-state index in [1.165, 1.54) is 29.2 Å². The molecule has 2 aromatic rings. The van der Waals surface area contributed by atoms with Crippen molar-refractivity contribution >= 4 is 17.6 Å².